The van der Waals surface area contributed by atoms with Gasteiger partial charge in [-0.3, -0.25) is 19.0 Å². The van der Waals surface area contributed by atoms with Gasteiger partial charge in [-0.1, -0.05) is 12.1 Å². The van der Waals surface area contributed by atoms with Gasteiger partial charge in [0, 0.05) is 36.1 Å². The molecular formula is C34H29F5N2O6. The van der Waals surface area contributed by atoms with Gasteiger partial charge < -0.3 is 19.9 Å². The first-order chi connectivity index (χ1) is 22.2. The number of halogens is 5. The van der Waals surface area contributed by atoms with Crippen molar-refractivity contribution in [2.75, 3.05) is 13.7 Å². The van der Waals surface area contributed by atoms with Crippen molar-refractivity contribution >= 4 is 11.9 Å². The number of pyridine rings is 1. The first-order valence-electron chi connectivity index (χ1n) is 14.4. The molecular weight excluding hydrogens is 627 g/mol. The molecule has 1 aromatic heterocycles. The van der Waals surface area contributed by atoms with Gasteiger partial charge in [-0.15, -0.1) is 0 Å². The second-order valence-corrected chi connectivity index (χ2v) is 11.2. The minimum absolute atomic E-state index is 0.0195. The summed E-state index contributed by atoms with van der Waals surface area (Å²) in [6.45, 7) is 3.06. The van der Waals surface area contributed by atoms with Crippen molar-refractivity contribution in [2.24, 2.45) is 0 Å². The Morgan fingerprint density at radius 1 is 1.02 bits per heavy atom. The molecule has 13 heteroatoms. The van der Waals surface area contributed by atoms with Crippen molar-refractivity contribution in [1.29, 1.82) is 0 Å². The summed E-state index contributed by atoms with van der Waals surface area (Å²) in [7, 11) is 1.27. The summed E-state index contributed by atoms with van der Waals surface area (Å²) in [5, 5.41) is 12.2. The Hall–Kier alpha value is -5.04. The van der Waals surface area contributed by atoms with Crippen molar-refractivity contribution in [1.82, 2.24) is 9.88 Å². The van der Waals surface area contributed by atoms with Gasteiger partial charge in [-0.05, 0) is 78.9 Å². The van der Waals surface area contributed by atoms with Gasteiger partial charge >= 0.3 is 12.1 Å². The Balaban J connectivity index is 1.82. The van der Waals surface area contributed by atoms with E-state index in [1.165, 1.54) is 32.2 Å². The van der Waals surface area contributed by atoms with Crippen LogP contribution in [0.2, 0.25) is 0 Å². The largest absolute Gasteiger partial charge is 0.481 e. The van der Waals surface area contributed by atoms with E-state index in [0.717, 1.165) is 18.3 Å². The number of rotatable bonds is 6. The summed E-state index contributed by atoms with van der Waals surface area (Å²) in [6.07, 6.45) is -5.28. The summed E-state index contributed by atoms with van der Waals surface area (Å²) < 4.78 is 85.0. The quantitative estimate of drug-likeness (QED) is 0.225. The molecule has 0 fully saturated rings. The molecule has 8 nitrogen and oxygen atoms in total. The molecule has 0 radical (unpaired) electrons. The number of aliphatic carboxylic acids is 1. The first-order valence-corrected chi connectivity index (χ1v) is 14.4. The van der Waals surface area contributed by atoms with Crippen molar-refractivity contribution in [3.63, 3.8) is 0 Å². The number of hydrogen-bond donors (Lipinski definition) is 2. The monoisotopic (exact) mass is 656 g/mol. The van der Waals surface area contributed by atoms with Crippen molar-refractivity contribution in [2.45, 2.75) is 44.9 Å². The van der Waals surface area contributed by atoms with E-state index in [-0.39, 0.29) is 35.7 Å². The molecule has 1 aliphatic heterocycles. The molecule has 4 bridgehead atoms. The van der Waals surface area contributed by atoms with Gasteiger partial charge in [0.1, 0.15) is 29.2 Å². The van der Waals surface area contributed by atoms with Crippen LogP contribution in [0.1, 0.15) is 51.9 Å². The molecule has 2 N–H and O–H groups in total. The number of carbonyl (C=O) groups is 2. The number of hydrogen-bond acceptors (Lipinski definition) is 5. The summed E-state index contributed by atoms with van der Waals surface area (Å²) >= 11 is 0. The normalized spacial score (nSPS) is 16.2. The molecule has 5 rings (SSSR count). The standard InChI is InChI=1S/C34H29F5N2O6/c1-17-5-4-6-27-30(17)20-11-18(2)31(36)23(12-20)26(15-29(43)44)40-33(45)32(22-13-21(47-27)7-8-25(22)35)41-16-19(9-10-46-3)24(14-28(41)42)34(37,38)39/h4-8,11-14,16,26,32H,9-10,15H2,1-3H3,(H,40,45)(H,43,44)/t26-,32-/m0/s1. The van der Waals surface area contributed by atoms with E-state index in [4.69, 9.17) is 9.47 Å². The lowest BCUT2D eigenvalue weighted by Crippen LogP contribution is -2.41. The molecule has 1 amide bonds. The fourth-order valence-electron chi connectivity index (χ4n) is 5.76. The predicted molar refractivity (Wildman–Crippen MR) is 160 cm³/mol. The van der Waals surface area contributed by atoms with Crippen LogP contribution in [0, 0.1) is 25.5 Å². The number of carboxylic acids is 1. The smallest absolute Gasteiger partial charge is 0.416 e. The van der Waals surface area contributed by atoms with Crippen LogP contribution in [0.3, 0.4) is 0 Å². The average molecular weight is 657 g/mol. The molecule has 4 aromatic rings. The summed E-state index contributed by atoms with van der Waals surface area (Å²) in [4.78, 5) is 39.5. The van der Waals surface area contributed by atoms with Crippen LogP contribution < -0.4 is 15.6 Å². The SMILES string of the molecule is COCCc1cn([C@@H]2C(=O)N[C@@H](CC(=O)O)c3cc(cc(C)c3F)-c3c(C)cccc3Oc3ccc(F)c2c3)c(=O)cc1C(F)(F)F. The van der Waals surface area contributed by atoms with Crippen LogP contribution in [-0.4, -0.2) is 35.3 Å². The van der Waals surface area contributed by atoms with E-state index >= 15 is 8.78 Å². The molecule has 2 heterocycles. The number of aryl methyl sites for hydroxylation is 2. The van der Waals surface area contributed by atoms with Crippen molar-refractivity contribution in [3.8, 4) is 22.6 Å². The van der Waals surface area contributed by atoms with Gasteiger partial charge in [-0.25, -0.2) is 8.78 Å². The molecule has 1 aliphatic rings. The van der Waals surface area contributed by atoms with E-state index in [2.05, 4.69) is 5.32 Å². The lowest BCUT2D eigenvalue weighted by Gasteiger charge is -2.26. The molecule has 3 aromatic carbocycles. The van der Waals surface area contributed by atoms with Gasteiger partial charge in [0.15, 0.2) is 0 Å². The van der Waals surface area contributed by atoms with Crippen LogP contribution in [0.25, 0.3) is 11.1 Å². The Kier molecular flexibility index (Phi) is 9.21. The molecule has 47 heavy (non-hydrogen) atoms. The zero-order valence-corrected chi connectivity index (χ0v) is 25.4. The number of nitrogens with zero attached hydrogens (tertiary/aromatic N) is 1. The summed E-state index contributed by atoms with van der Waals surface area (Å²) in [5.74, 6) is -4.14. The predicted octanol–water partition coefficient (Wildman–Crippen LogP) is 6.65. The minimum atomic E-state index is -4.94. The number of methoxy groups -OCH3 is 1. The van der Waals surface area contributed by atoms with Crippen LogP contribution >= 0.6 is 0 Å². The zero-order valence-electron chi connectivity index (χ0n) is 25.4. The number of benzene rings is 3. The molecule has 246 valence electrons. The first kappa shape index (κ1) is 33.3. The number of nitrogens with one attached hydrogen (secondary N) is 1. The van der Waals surface area contributed by atoms with E-state index in [0.29, 0.717) is 27.3 Å². The molecule has 2 atom stereocenters. The van der Waals surface area contributed by atoms with Crippen LogP contribution in [0.15, 0.2) is 65.6 Å². The second kappa shape index (κ2) is 13.0. The maximum absolute atomic E-state index is 15.8. The molecule has 0 aliphatic carbocycles. The third-order valence-corrected chi connectivity index (χ3v) is 7.94. The highest BCUT2D eigenvalue weighted by Gasteiger charge is 2.37. The number of carbonyl (C=O) groups excluding carboxylic acids is 1. The zero-order chi connectivity index (χ0) is 34.2. The fourth-order valence-corrected chi connectivity index (χ4v) is 5.76. The van der Waals surface area contributed by atoms with E-state index < -0.39 is 70.4 Å². The second-order valence-electron chi connectivity index (χ2n) is 11.2. The highest BCUT2D eigenvalue weighted by Crippen LogP contribution is 2.40. The number of fused-ring (bicyclic) bond motifs is 6. The van der Waals surface area contributed by atoms with E-state index in [1.807, 2.05) is 0 Å². The number of carboxylic acid groups (broad SMARTS) is 1. The maximum Gasteiger partial charge on any atom is 0.416 e. The summed E-state index contributed by atoms with van der Waals surface area (Å²) in [6, 6.07) is 8.16. The average Bonchev–Trinajstić information content (AvgIpc) is 2.99. The number of amides is 1. The highest BCUT2D eigenvalue weighted by molar-refractivity contribution is 5.85. The molecule has 0 saturated heterocycles. The van der Waals surface area contributed by atoms with E-state index in [1.54, 1.807) is 25.1 Å². The Morgan fingerprint density at radius 3 is 2.45 bits per heavy atom. The van der Waals surface area contributed by atoms with E-state index in [9.17, 15) is 32.7 Å². The highest BCUT2D eigenvalue weighted by atomic mass is 19.4. The molecule has 0 unspecified atom stereocenters. The van der Waals surface area contributed by atoms with Gasteiger partial charge in [0.05, 0.1) is 24.6 Å². The van der Waals surface area contributed by atoms with Gasteiger partial charge in [-0.2, -0.15) is 13.2 Å². The third kappa shape index (κ3) is 6.75. The molecule has 0 saturated carbocycles. The fraction of sp³-hybridized carbons (Fsp3) is 0.265. The lowest BCUT2D eigenvalue weighted by molar-refractivity contribution is -0.139. The topological polar surface area (TPSA) is 107 Å². The summed E-state index contributed by atoms with van der Waals surface area (Å²) in [5.41, 5.74) is -1.87. The van der Waals surface area contributed by atoms with Crippen molar-refractivity contribution < 1.29 is 46.1 Å². The Morgan fingerprint density at radius 2 is 1.77 bits per heavy atom. The lowest BCUT2D eigenvalue weighted by atomic mass is 9.92. The number of ether oxygens (including phenoxy) is 2. The van der Waals surface area contributed by atoms with Gasteiger partial charge in [0.2, 0.25) is 5.91 Å². The van der Waals surface area contributed by atoms with Crippen LogP contribution in [0.4, 0.5) is 22.0 Å². The Bertz CT molecular complexity index is 1940. The minimum Gasteiger partial charge on any atom is -0.481 e. The van der Waals surface area contributed by atoms with Crippen LogP contribution in [-0.2, 0) is 26.9 Å². The third-order valence-electron chi connectivity index (χ3n) is 7.94. The molecule has 0 spiro atoms. The number of alkyl halides is 3. The van der Waals surface area contributed by atoms with Crippen LogP contribution in [0.5, 0.6) is 11.5 Å². The Labute approximate surface area is 265 Å². The number of aromatic nitrogens is 1. The van der Waals surface area contributed by atoms with Crippen molar-refractivity contribution in [3.05, 3.63) is 116 Å². The van der Waals surface area contributed by atoms with Gasteiger partial charge in [0.25, 0.3) is 5.56 Å². The maximum atomic E-state index is 15.8.